The summed E-state index contributed by atoms with van der Waals surface area (Å²) in [4.78, 5) is 0. The molecule has 0 fully saturated rings. The molecule has 0 saturated carbocycles. The fourth-order valence-corrected chi connectivity index (χ4v) is 1.03. The Kier molecular flexibility index (Phi) is 1.79. The lowest BCUT2D eigenvalue weighted by Crippen LogP contribution is -2.13. The summed E-state index contributed by atoms with van der Waals surface area (Å²) in [6.07, 6.45) is 3.71. The molecule has 9 heavy (non-hydrogen) atoms. The lowest BCUT2D eigenvalue weighted by atomic mass is 10.1. The van der Waals surface area contributed by atoms with Gasteiger partial charge in [0.15, 0.2) is 0 Å². The highest BCUT2D eigenvalue weighted by molar-refractivity contribution is 4.98. The highest BCUT2D eigenvalue weighted by Crippen LogP contribution is 2.21. The molecule has 1 heterocycles. The Bertz CT molecular complexity index is 125. The van der Waals surface area contributed by atoms with Crippen LogP contribution in [0.3, 0.4) is 0 Å². The maximum atomic E-state index is 5.48. The van der Waals surface area contributed by atoms with Gasteiger partial charge in [-0.3, -0.25) is 0 Å². The van der Waals surface area contributed by atoms with E-state index in [9.17, 15) is 0 Å². The van der Waals surface area contributed by atoms with Crippen LogP contribution in [0.25, 0.3) is 0 Å². The minimum Gasteiger partial charge on any atom is -0.495 e. The third-order valence-electron chi connectivity index (χ3n) is 1.72. The average molecular weight is 126 g/mol. The molecule has 0 aliphatic carbocycles. The first-order valence-corrected chi connectivity index (χ1v) is 3.53. The van der Waals surface area contributed by atoms with E-state index in [2.05, 4.69) is 19.9 Å². The molecule has 0 N–H and O–H groups in total. The summed E-state index contributed by atoms with van der Waals surface area (Å²) >= 11 is 0. The molecular formula is C8H14O. The number of ether oxygens (including phenoxy) is 1. The molecule has 1 heteroatoms. The van der Waals surface area contributed by atoms with Crippen molar-refractivity contribution in [2.45, 2.75) is 33.3 Å². The zero-order valence-electron chi connectivity index (χ0n) is 6.35. The zero-order valence-corrected chi connectivity index (χ0v) is 6.35. The monoisotopic (exact) mass is 126 g/mol. The Morgan fingerprint density at radius 3 is 2.56 bits per heavy atom. The summed E-state index contributed by atoms with van der Waals surface area (Å²) < 4.78 is 5.48. The van der Waals surface area contributed by atoms with Gasteiger partial charge in [-0.2, -0.15) is 0 Å². The lowest BCUT2D eigenvalue weighted by Gasteiger charge is -2.14. The molecule has 52 valence electrons. The van der Waals surface area contributed by atoms with Gasteiger partial charge < -0.3 is 4.74 Å². The van der Waals surface area contributed by atoms with Crippen molar-refractivity contribution < 1.29 is 4.74 Å². The van der Waals surface area contributed by atoms with Gasteiger partial charge in [0.25, 0.3) is 0 Å². The first kappa shape index (κ1) is 6.66. The zero-order chi connectivity index (χ0) is 6.85. The summed E-state index contributed by atoms with van der Waals surface area (Å²) in [5, 5.41) is 0. The van der Waals surface area contributed by atoms with Crippen molar-refractivity contribution >= 4 is 0 Å². The van der Waals surface area contributed by atoms with E-state index in [1.54, 1.807) is 0 Å². The minimum atomic E-state index is 0.449. The van der Waals surface area contributed by atoms with Gasteiger partial charge in [-0.15, -0.1) is 0 Å². The summed E-state index contributed by atoms with van der Waals surface area (Å²) in [6, 6.07) is 0. The maximum absolute atomic E-state index is 5.48. The van der Waals surface area contributed by atoms with Gasteiger partial charge in [0, 0.05) is 6.42 Å². The summed E-state index contributed by atoms with van der Waals surface area (Å²) in [7, 11) is 0. The molecule has 1 aliphatic rings. The number of rotatable bonds is 1. The van der Waals surface area contributed by atoms with Crippen LogP contribution in [0.2, 0.25) is 0 Å². The van der Waals surface area contributed by atoms with Crippen molar-refractivity contribution in [1.82, 2.24) is 0 Å². The van der Waals surface area contributed by atoms with Crippen molar-refractivity contribution in [2.75, 3.05) is 0 Å². The largest absolute Gasteiger partial charge is 0.495 e. The molecule has 0 saturated heterocycles. The molecule has 0 radical (unpaired) electrons. The number of hydrogen-bond acceptors (Lipinski definition) is 1. The summed E-state index contributed by atoms with van der Waals surface area (Å²) in [5.74, 6) is 1.74. The molecule has 0 aromatic carbocycles. The van der Waals surface area contributed by atoms with E-state index in [4.69, 9.17) is 4.74 Å². The minimum absolute atomic E-state index is 0.449. The molecule has 0 aromatic heterocycles. The average Bonchev–Trinajstić information content (AvgIpc) is 2.14. The van der Waals surface area contributed by atoms with Crippen LogP contribution in [0.4, 0.5) is 0 Å². The van der Waals surface area contributed by atoms with Crippen molar-refractivity contribution in [2.24, 2.45) is 5.92 Å². The van der Waals surface area contributed by atoms with Crippen LogP contribution in [0, 0.1) is 5.92 Å². The van der Waals surface area contributed by atoms with E-state index in [0.717, 1.165) is 12.2 Å². The molecule has 1 rings (SSSR count). The molecule has 0 aromatic rings. The molecular weight excluding hydrogens is 112 g/mol. The summed E-state index contributed by atoms with van der Waals surface area (Å²) in [5.41, 5.74) is 0. The van der Waals surface area contributed by atoms with Gasteiger partial charge >= 0.3 is 0 Å². The molecule has 1 atom stereocenters. The second-order valence-corrected chi connectivity index (χ2v) is 2.95. The Hall–Kier alpha value is -0.460. The molecule has 1 nitrogen and oxygen atoms in total. The predicted molar refractivity (Wildman–Crippen MR) is 38.1 cm³/mol. The van der Waals surface area contributed by atoms with E-state index < -0.39 is 0 Å². The van der Waals surface area contributed by atoms with E-state index in [-0.39, 0.29) is 0 Å². The Balaban J connectivity index is 2.37. The Morgan fingerprint density at radius 2 is 2.33 bits per heavy atom. The van der Waals surface area contributed by atoms with Crippen LogP contribution in [0.15, 0.2) is 11.8 Å². The standard InChI is InChI=1S/C8H14O/c1-6(2)8-5-4-7(3)9-8/h4,6,8H,5H2,1-3H3. The van der Waals surface area contributed by atoms with Crippen LogP contribution in [0.1, 0.15) is 27.2 Å². The van der Waals surface area contributed by atoms with Crippen molar-refractivity contribution in [3.8, 4) is 0 Å². The Labute approximate surface area is 56.7 Å². The van der Waals surface area contributed by atoms with Gasteiger partial charge in [0.05, 0.1) is 5.76 Å². The second kappa shape index (κ2) is 2.42. The van der Waals surface area contributed by atoms with Gasteiger partial charge in [-0.1, -0.05) is 13.8 Å². The van der Waals surface area contributed by atoms with E-state index in [0.29, 0.717) is 12.0 Å². The lowest BCUT2D eigenvalue weighted by molar-refractivity contribution is 0.104. The quantitative estimate of drug-likeness (QED) is 0.524. The first-order valence-electron chi connectivity index (χ1n) is 3.53. The van der Waals surface area contributed by atoms with Gasteiger partial charge in [-0.25, -0.2) is 0 Å². The van der Waals surface area contributed by atoms with Crippen LogP contribution < -0.4 is 0 Å². The summed E-state index contributed by atoms with van der Waals surface area (Å²) in [6.45, 7) is 6.40. The van der Waals surface area contributed by atoms with Crippen LogP contribution in [-0.2, 0) is 4.74 Å². The first-order chi connectivity index (χ1) is 4.20. The van der Waals surface area contributed by atoms with Crippen molar-refractivity contribution in [1.29, 1.82) is 0 Å². The molecule has 0 bridgehead atoms. The smallest absolute Gasteiger partial charge is 0.104 e. The van der Waals surface area contributed by atoms with E-state index in [1.807, 2.05) is 6.92 Å². The molecule has 1 aliphatic heterocycles. The van der Waals surface area contributed by atoms with Crippen molar-refractivity contribution in [3.63, 3.8) is 0 Å². The van der Waals surface area contributed by atoms with Crippen LogP contribution in [0.5, 0.6) is 0 Å². The van der Waals surface area contributed by atoms with E-state index >= 15 is 0 Å². The van der Waals surface area contributed by atoms with Gasteiger partial charge in [0.1, 0.15) is 6.10 Å². The number of allylic oxidation sites excluding steroid dienone is 1. The number of hydrogen-bond donors (Lipinski definition) is 0. The normalized spacial score (nSPS) is 26.2. The van der Waals surface area contributed by atoms with Crippen LogP contribution >= 0.6 is 0 Å². The maximum Gasteiger partial charge on any atom is 0.104 e. The molecule has 1 unspecified atom stereocenters. The SMILES string of the molecule is CC1=CCC(C(C)C)O1. The van der Waals surface area contributed by atoms with Crippen LogP contribution in [-0.4, -0.2) is 6.10 Å². The highest BCUT2D eigenvalue weighted by atomic mass is 16.5. The molecule has 0 amide bonds. The van der Waals surface area contributed by atoms with Gasteiger partial charge in [0.2, 0.25) is 0 Å². The molecule has 0 spiro atoms. The Morgan fingerprint density at radius 1 is 1.67 bits per heavy atom. The third-order valence-corrected chi connectivity index (χ3v) is 1.72. The fourth-order valence-electron chi connectivity index (χ4n) is 1.03. The fraction of sp³-hybridized carbons (Fsp3) is 0.750. The third kappa shape index (κ3) is 1.47. The van der Waals surface area contributed by atoms with Gasteiger partial charge in [-0.05, 0) is 18.9 Å². The highest BCUT2D eigenvalue weighted by Gasteiger charge is 2.18. The van der Waals surface area contributed by atoms with Crippen molar-refractivity contribution in [3.05, 3.63) is 11.8 Å². The second-order valence-electron chi connectivity index (χ2n) is 2.95. The van der Waals surface area contributed by atoms with E-state index in [1.165, 1.54) is 0 Å². The predicted octanol–water partition coefficient (Wildman–Crippen LogP) is 2.34. The topological polar surface area (TPSA) is 9.23 Å².